The smallest absolute Gasteiger partial charge is 0.144 e. The van der Waals surface area contributed by atoms with Gasteiger partial charge in [-0.2, -0.15) is 0 Å². The fourth-order valence-electron chi connectivity index (χ4n) is 1.58. The van der Waals surface area contributed by atoms with Gasteiger partial charge < -0.3 is 10.4 Å². The van der Waals surface area contributed by atoms with Crippen LogP contribution in [0.3, 0.4) is 0 Å². The fourth-order valence-corrected chi connectivity index (χ4v) is 1.96. The van der Waals surface area contributed by atoms with E-state index in [-0.39, 0.29) is 29.2 Å². The summed E-state index contributed by atoms with van der Waals surface area (Å²) in [5.41, 5.74) is 0.0239. The second-order valence-corrected chi connectivity index (χ2v) is 4.67. The summed E-state index contributed by atoms with van der Waals surface area (Å²) < 4.78 is 27.3. The van der Waals surface area contributed by atoms with Gasteiger partial charge in [0.2, 0.25) is 0 Å². The first kappa shape index (κ1) is 14.5. The monoisotopic (exact) mass is 307 g/mol. The highest BCUT2D eigenvalue weighted by Crippen LogP contribution is 2.21. The van der Waals surface area contributed by atoms with Crippen LogP contribution in [0.5, 0.6) is 0 Å². The molecule has 1 aromatic carbocycles. The van der Waals surface area contributed by atoms with E-state index in [2.05, 4.69) is 21.2 Å². The van der Waals surface area contributed by atoms with Crippen LogP contribution in [0.25, 0.3) is 0 Å². The molecule has 0 aliphatic rings. The summed E-state index contributed by atoms with van der Waals surface area (Å²) in [6.07, 6.45) is 1.38. The average Bonchev–Trinajstić information content (AvgIpc) is 2.32. The zero-order valence-corrected chi connectivity index (χ0v) is 11.2. The molecule has 0 aliphatic heterocycles. The van der Waals surface area contributed by atoms with Crippen molar-refractivity contribution in [1.29, 1.82) is 0 Å². The molecule has 0 fully saturated rings. The number of aliphatic hydroxyl groups is 1. The Hall–Kier alpha value is -0.520. The van der Waals surface area contributed by atoms with E-state index in [0.717, 1.165) is 6.42 Å². The van der Waals surface area contributed by atoms with Gasteiger partial charge in [-0.05, 0) is 40.9 Å². The summed E-state index contributed by atoms with van der Waals surface area (Å²) in [6.45, 7) is 2.14. The molecule has 1 unspecified atom stereocenters. The maximum Gasteiger partial charge on any atom is 0.144 e. The first-order valence-electron chi connectivity index (χ1n) is 5.56. The predicted molar refractivity (Wildman–Crippen MR) is 66.7 cm³/mol. The maximum atomic E-state index is 13.6. The van der Waals surface area contributed by atoms with Crippen molar-refractivity contribution < 1.29 is 13.9 Å². The van der Waals surface area contributed by atoms with Crippen LogP contribution in [0, 0.1) is 11.6 Å². The predicted octanol–water partition coefficient (Wildman–Crippen LogP) is 2.98. The molecule has 0 aliphatic carbocycles. The van der Waals surface area contributed by atoms with Gasteiger partial charge in [0.05, 0.1) is 4.47 Å². The minimum atomic E-state index is -0.573. The molecule has 2 N–H and O–H groups in total. The Bertz CT molecular complexity index is 374. The van der Waals surface area contributed by atoms with Crippen molar-refractivity contribution in [1.82, 2.24) is 5.32 Å². The van der Waals surface area contributed by atoms with Gasteiger partial charge in [-0.15, -0.1) is 0 Å². The van der Waals surface area contributed by atoms with E-state index < -0.39 is 11.6 Å². The molecule has 5 heteroatoms. The topological polar surface area (TPSA) is 32.3 Å². The van der Waals surface area contributed by atoms with Gasteiger partial charge in [0, 0.05) is 24.8 Å². The Labute approximate surface area is 108 Å². The largest absolute Gasteiger partial charge is 0.396 e. The molecule has 0 saturated carbocycles. The van der Waals surface area contributed by atoms with Gasteiger partial charge in [0.1, 0.15) is 11.6 Å². The van der Waals surface area contributed by atoms with Crippen molar-refractivity contribution >= 4 is 15.9 Å². The van der Waals surface area contributed by atoms with Crippen LogP contribution in [-0.2, 0) is 6.54 Å². The van der Waals surface area contributed by atoms with Crippen LogP contribution >= 0.6 is 15.9 Å². The minimum absolute atomic E-state index is 0.0239. The zero-order chi connectivity index (χ0) is 12.8. The first-order chi connectivity index (χ1) is 8.10. The molecule has 2 nitrogen and oxygen atoms in total. The van der Waals surface area contributed by atoms with E-state index in [9.17, 15) is 8.78 Å². The normalized spacial score (nSPS) is 12.8. The Morgan fingerprint density at radius 1 is 1.41 bits per heavy atom. The molecule has 0 saturated heterocycles. The molecule has 0 bridgehead atoms. The van der Waals surface area contributed by atoms with Crippen LogP contribution in [0.1, 0.15) is 25.3 Å². The lowest BCUT2D eigenvalue weighted by Crippen LogP contribution is -2.29. The Balaban J connectivity index is 2.71. The summed E-state index contributed by atoms with van der Waals surface area (Å²) in [5, 5.41) is 11.9. The molecule has 0 aromatic heterocycles. The Morgan fingerprint density at radius 3 is 2.71 bits per heavy atom. The molecule has 0 spiro atoms. The van der Waals surface area contributed by atoms with E-state index in [4.69, 9.17) is 5.11 Å². The second-order valence-electron chi connectivity index (χ2n) is 3.82. The van der Waals surface area contributed by atoms with Gasteiger partial charge >= 0.3 is 0 Å². The van der Waals surface area contributed by atoms with Gasteiger partial charge in [-0.3, -0.25) is 0 Å². The molecular weight excluding hydrogens is 292 g/mol. The lowest BCUT2D eigenvalue weighted by atomic mass is 10.1. The highest BCUT2D eigenvalue weighted by molar-refractivity contribution is 9.10. The number of rotatable bonds is 6. The van der Waals surface area contributed by atoms with E-state index in [0.29, 0.717) is 6.42 Å². The molecule has 0 amide bonds. The van der Waals surface area contributed by atoms with Crippen LogP contribution in [0.2, 0.25) is 0 Å². The van der Waals surface area contributed by atoms with E-state index in [1.807, 2.05) is 6.92 Å². The molecule has 96 valence electrons. The molecule has 0 heterocycles. The van der Waals surface area contributed by atoms with Crippen LogP contribution in [0.4, 0.5) is 8.78 Å². The number of benzene rings is 1. The molecule has 17 heavy (non-hydrogen) atoms. The number of aliphatic hydroxyl groups excluding tert-OH is 1. The Kier molecular flexibility index (Phi) is 6.02. The third kappa shape index (κ3) is 4.01. The van der Waals surface area contributed by atoms with Crippen molar-refractivity contribution in [2.45, 2.75) is 32.4 Å². The standard InChI is InChI=1S/C12H16BrF2NO/c1-2-8(5-6-17)16-7-9-11(14)4-3-10(13)12(9)15/h3-4,8,16-17H,2,5-7H2,1H3. The molecular formula is C12H16BrF2NO. The van der Waals surface area contributed by atoms with Crippen molar-refractivity contribution in [3.8, 4) is 0 Å². The molecule has 1 atom stereocenters. The average molecular weight is 308 g/mol. The van der Waals surface area contributed by atoms with E-state index in [1.165, 1.54) is 12.1 Å². The minimum Gasteiger partial charge on any atom is -0.396 e. The third-order valence-corrected chi connectivity index (χ3v) is 3.29. The van der Waals surface area contributed by atoms with Crippen molar-refractivity contribution in [2.75, 3.05) is 6.61 Å². The Morgan fingerprint density at radius 2 is 2.12 bits per heavy atom. The van der Waals surface area contributed by atoms with Crippen molar-refractivity contribution in [3.05, 3.63) is 33.8 Å². The number of nitrogens with one attached hydrogen (secondary N) is 1. The van der Waals surface area contributed by atoms with E-state index >= 15 is 0 Å². The number of hydrogen-bond acceptors (Lipinski definition) is 2. The summed E-state index contributed by atoms with van der Waals surface area (Å²) >= 11 is 3.03. The van der Waals surface area contributed by atoms with Gasteiger partial charge in [-0.1, -0.05) is 6.92 Å². The van der Waals surface area contributed by atoms with Crippen LogP contribution in [-0.4, -0.2) is 17.8 Å². The van der Waals surface area contributed by atoms with E-state index in [1.54, 1.807) is 0 Å². The first-order valence-corrected chi connectivity index (χ1v) is 6.36. The maximum absolute atomic E-state index is 13.6. The lowest BCUT2D eigenvalue weighted by molar-refractivity contribution is 0.261. The highest BCUT2D eigenvalue weighted by Gasteiger charge is 2.13. The summed E-state index contributed by atoms with van der Waals surface area (Å²) in [5.74, 6) is -1.13. The summed E-state index contributed by atoms with van der Waals surface area (Å²) in [7, 11) is 0. The summed E-state index contributed by atoms with van der Waals surface area (Å²) in [6, 6.07) is 2.65. The molecule has 1 aromatic rings. The third-order valence-electron chi connectivity index (χ3n) is 2.68. The molecule has 0 radical (unpaired) electrons. The SMILES string of the molecule is CCC(CCO)NCc1c(F)ccc(Br)c1F. The lowest BCUT2D eigenvalue weighted by Gasteiger charge is -2.16. The second kappa shape index (κ2) is 7.03. The quantitative estimate of drug-likeness (QED) is 0.792. The number of hydrogen-bond donors (Lipinski definition) is 2. The highest BCUT2D eigenvalue weighted by atomic mass is 79.9. The fraction of sp³-hybridized carbons (Fsp3) is 0.500. The number of halogens is 3. The van der Waals surface area contributed by atoms with Crippen LogP contribution < -0.4 is 5.32 Å². The van der Waals surface area contributed by atoms with Gasteiger partial charge in [0.15, 0.2) is 0 Å². The van der Waals surface area contributed by atoms with Crippen molar-refractivity contribution in [3.63, 3.8) is 0 Å². The van der Waals surface area contributed by atoms with Gasteiger partial charge in [0.25, 0.3) is 0 Å². The van der Waals surface area contributed by atoms with Crippen molar-refractivity contribution in [2.24, 2.45) is 0 Å². The van der Waals surface area contributed by atoms with Gasteiger partial charge in [-0.25, -0.2) is 8.78 Å². The van der Waals surface area contributed by atoms with Crippen LogP contribution in [0.15, 0.2) is 16.6 Å². The zero-order valence-electron chi connectivity index (χ0n) is 9.64. The molecule has 1 rings (SSSR count). The summed E-state index contributed by atoms with van der Waals surface area (Å²) in [4.78, 5) is 0.